The molecule has 1 atom stereocenters. The molecule has 0 amide bonds. The number of esters is 1. The summed E-state index contributed by atoms with van der Waals surface area (Å²) in [6, 6.07) is 13.5. The summed E-state index contributed by atoms with van der Waals surface area (Å²) in [6.07, 6.45) is 2.11. The third-order valence-electron chi connectivity index (χ3n) is 5.03. The number of hydrogen-bond acceptors (Lipinski definition) is 9. The number of carbonyl (C=O) groups excluding carboxylic acids is 1. The molecule has 2 aromatic carbocycles. The molecular formula is C23H22N4O6S2. The van der Waals surface area contributed by atoms with Crippen LogP contribution in [0.15, 0.2) is 64.5 Å². The van der Waals surface area contributed by atoms with Crippen molar-refractivity contribution in [3.63, 3.8) is 0 Å². The Bertz CT molecular complexity index is 1410. The number of nitrogens with zero attached hydrogens (tertiary/aromatic N) is 2. The number of benzene rings is 2. The van der Waals surface area contributed by atoms with E-state index in [0.717, 1.165) is 21.8 Å². The highest BCUT2D eigenvalue weighted by molar-refractivity contribution is 7.87. The minimum atomic E-state index is -4.34. The molecule has 2 aromatic heterocycles. The molecule has 0 radical (unpaired) electrons. The van der Waals surface area contributed by atoms with Crippen molar-refractivity contribution in [2.24, 2.45) is 0 Å². The van der Waals surface area contributed by atoms with E-state index in [-0.39, 0.29) is 11.7 Å². The fraction of sp³-hybridized carbons (Fsp3) is 0.174. The number of carbonyl (C=O) groups is 1. The van der Waals surface area contributed by atoms with E-state index in [1.807, 2.05) is 17.0 Å². The van der Waals surface area contributed by atoms with Gasteiger partial charge in [0.2, 0.25) is 0 Å². The summed E-state index contributed by atoms with van der Waals surface area (Å²) >= 11 is 1.53. The molecule has 182 valence electrons. The fourth-order valence-corrected chi connectivity index (χ4v) is 4.48. The molecule has 0 spiro atoms. The SMILES string of the molecule is COC(=O)c1ccc(-c2cnc(N[C@@H](Cc3ccc(NS(=O)(=O)O)cc3)c3csc(C)n3)o2)cc1. The summed E-state index contributed by atoms with van der Waals surface area (Å²) < 4.78 is 43.6. The van der Waals surface area contributed by atoms with Crippen molar-refractivity contribution >= 4 is 39.3 Å². The predicted octanol–water partition coefficient (Wildman–Crippen LogP) is 4.50. The van der Waals surface area contributed by atoms with Crippen LogP contribution >= 0.6 is 11.3 Å². The molecule has 35 heavy (non-hydrogen) atoms. The molecule has 0 saturated carbocycles. The van der Waals surface area contributed by atoms with Crippen LogP contribution in [-0.2, 0) is 21.5 Å². The molecular weight excluding hydrogens is 492 g/mol. The van der Waals surface area contributed by atoms with E-state index in [9.17, 15) is 13.2 Å². The molecule has 4 rings (SSSR count). The van der Waals surface area contributed by atoms with E-state index < -0.39 is 16.3 Å². The molecule has 0 aliphatic carbocycles. The molecule has 10 nitrogen and oxygen atoms in total. The van der Waals surface area contributed by atoms with Gasteiger partial charge >= 0.3 is 16.3 Å². The topological polar surface area (TPSA) is 144 Å². The van der Waals surface area contributed by atoms with Gasteiger partial charge in [-0.25, -0.2) is 14.8 Å². The average Bonchev–Trinajstić information content (AvgIpc) is 3.47. The summed E-state index contributed by atoms with van der Waals surface area (Å²) in [5.74, 6) is 0.109. The summed E-state index contributed by atoms with van der Waals surface area (Å²) in [4.78, 5) is 20.6. The van der Waals surface area contributed by atoms with Gasteiger partial charge in [-0.1, -0.05) is 24.3 Å². The first-order valence-electron chi connectivity index (χ1n) is 10.4. The summed E-state index contributed by atoms with van der Waals surface area (Å²) in [5.41, 5.74) is 3.15. The fourth-order valence-electron chi connectivity index (χ4n) is 3.38. The Hall–Kier alpha value is -3.74. The maximum absolute atomic E-state index is 11.6. The van der Waals surface area contributed by atoms with Crippen LogP contribution in [0.3, 0.4) is 0 Å². The molecule has 12 heteroatoms. The summed E-state index contributed by atoms with van der Waals surface area (Å²) in [7, 11) is -3.01. The van der Waals surface area contributed by atoms with Crippen LogP contribution in [0.1, 0.15) is 32.7 Å². The quantitative estimate of drug-likeness (QED) is 0.217. The average molecular weight is 515 g/mol. The Morgan fingerprint density at radius 1 is 1.17 bits per heavy atom. The van der Waals surface area contributed by atoms with Crippen molar-refractivity contribution in [2.75, 3.05) is 17.1 Å². The van der Waals surface area contributed by atoms with Crippen LogP contribution in [0.2, 0.25) is 0 Å². The van der Waals surface area contributed by atoms with Gasteiger partial charge in [-0.05, 0) is 43.2 Å². The largest absolute Gasteiger partial charge is 0.465 e. The second kappa shape index (κ2) is 10.3. The van der Waals surface area contributed by atoms with Gasteiger partial charge in [0.25, 0.3) is 6.01 Å². The van der Waals surface area contributed by atoms with Crippen LogP contribution in [0.5, 0.6) is 0 Å². The number of thiazole rings is 1. The lowest BCUT2D eigenvalue weighted by Gasteiger charge is -2.16. The Morgan fingerprint density at radius 2 is 1.89 bits per heavy atom. The number of aromatic nitrogens is 2. The van der Waals surface area contributed by atoms with Crippen LogP contribution in [-0.4, -0.2) is 36.0 Å². The number of oxazole rings is 1. The first-order chi connectivity index (χ1) is 16.7. The molecule has 0 aliphatic heterocycles. The lowest BCUT2D eigenvalue weighted by molar-refractivity contribution is 0.0600. The lowest BCUT2D eigenvalue weighted by atomic mass is 10.0. The maximum Gasteiger partial charge on any atom is 0.357 e. The van der Waals surface area contributed by atoms with Crippen LogP contribution < -0.4 is 10.0 Å². The Balaban J connectivity index is 1.52. The molecule has 4 aromatic rings. The molecule has 0 aliphatic rings. The van der Waals surface area contributed by atoms with Crippen LogP contribution in [0.25, 0.3) is 11.3 Å². The minimum absolute atomic E-state index is 0.251. The Kier molecular flexibility index (Phi) is 7.15. The third kappa shape index (κ3) is 6.44. The van der Waals surface area contributed by atoms with E-state index in [1.165, 1.54) is 18.4 Å². The van der Waals surface area contributed by atoms with Gasteiger partial charge in [-0.15, -0.1) is 11.3 Å². The monoisotopic (exact) mass is 514 g/mol. The highest BCUT2D eigenvalue weighted by Crippen LogP contribution is 2.28. The molecule has 0 saturated heterocycles. The smallest absolute Gasteiger partial charge is 0.357 e. The third-order valence-corrected chi connectivity index (χ3v) is 6.31. The first kappa shape index (κ1) is 24.4. The van der Waals surface area contributed by atoms with Crippen molar-refractivity contribution in [1.29, 1.82) is 0 Å². The molecule has 2 heterocycles. The number of methoxy groups -OCH3 is 1. The second-order valence-corrected chi connectivity index (χ2v) is 9.78. The number of ether oxygens (including phenoxy) is 1. The standard InChI is InChI=1S/C23H22N4O6S2/c1-14-25-20(13-34-14)19(11-15-3-9-18(10-4-15)27-35(29,30)31)26-23-24-12-21(33-23)16-5-7-17(8-6-16)22(28)32-2/h3-10,12-13,19,27H,11H2,1-2H3,(H,24,26)(H,29,30,31)/t19-/m0/s1. The second-order valence-electron chi connectivity index (χ2n) is 7.57. The van der Waals surface area contributed by atoms with Gasteiger partial charge in [-0.2, -0.15) is 8.42 Å². The number of rotatable bonds is 9. The number of anilines is 2. The van der Waals surface area contributed by atoms with E-state index in [0.29, 0.717) is 23.8 Å². The highest BCUT2D eigenvalue weighted by Gasteiger charge is 2.19. The molecule has 0 unspecified atom stereocenters. The minimum Gasteiger partial charge on any atom is -0.465 e. The normalized spacial score (nSPS) is 12.2. The Labute approximate surface area is 205 Å². The number of aryl methyl sites for hydroxylation is 1. The first-order valence-corrected chi connectivity index (χ1v) is 12.7. The molecule has 3 N–H and O–H groups in total. The van der Waals surface area contributed by atoms with Gasteiger partial charge in [0.15, 0.2) is 5.76 Å². The van der Waals surface area contributed by atoms with E-state index in [1.54, 1.807) is 54.7 Å². The zero-order valence-electron chi connectivity index (χ0n) is 18.8. The zero-order chi connectivity index (χ0) is 25.0. The van der Waals surface area contributed by atoms with Crippen molar-refractivity contribution in [3.8, 4) is 11.3 Å². The number of nitrogens with one attached hydrogen (secondary N) is 2. The number of hydrogen-bond donors (Lipinski definition) is 3. The Morgan fingerprint density at radius 3 is 2.49 bits per heavy atom. The van der Waals surface area contributed by atoms with E-state index >= 15 is 0 Å². The van der Waals surface area contributed by atoms with Gasteiger partial charge in [-0.3, -0.25) is 9.27 Å². The molecule has 0 fully saturated rings. The maximum atomic E-state index is 11.6. The van der Waals surface area contributed by atoms with Crippen LogP contribution in [0, 0.1) is 6.92 Å². The van der Waals surface area contributed by atoms with E-state index in [4.69, 9.17) is 13.7 Å². The van der Waals surface area contributed by atoms with Crippen molar-refractivity contribution in [2.45, 2.75) is 19.4 Å². The van der Waals surface area contributed by atoms with Crippen LogP contribution in [0.4, 0.5) is 11.7 Å². The van der Waals surface area contributed by atoms with Gasteiger partial charge < -0.3 is 14.5 Å². The zero-order valence-corrected chi connectivity index (χ0v) is 20.4. The van der Waals surface area contributed by atoms with Gasteiger partial charge in [0, 0.05) is 10.9 Å². The lowest BCUT2D eigenvalue weighted by Crippen LogP contribution is -2.15. The predicted molar refractivity (Wildman–Crippen MR) is 132 cm³/mol. The van der Waals surface area contributed by atoms with Gasteiger partial charge in [0.1, 0.15) is 0 Å². The summed E-state index contributed by atoms with van der Waals surface area (Å²) in [6.45, 7) is 1.92. The van der Waals surface area contributed by atoms with E-state index in [2.05, 4.69) is 15.3 Å². The van der Waals surface area contributed by atoms with Gasteiger partial charge in [0.05, 0.1) is 41.3 Å². The van der Waals surface area contributed by atoms with Crippen molar-refractivity contribution in [1.82, 2.24) is 9.97 Å². The highest BCUT2D eigenvalue weighted by atomic mass is 32.2. The summed E-state index contributed by atoms with van der Waals surface area (Å²) in [5, 5.41) is 6.15. The van der Waals surface area contributed by atoms with Crippen molar-refractivity contribution < 1.29 is 26.9 Å². The molecule has 0 bridgehead atoms. The van der Waals surface area contributed by atoms with Crippen molar-refractivity contribution in [3.05, 3.63) is 81.9 Å².